The molecule has 21 heavy (non-hydrogen) atoms. The Morgan fingerprint density at radius 2 is 1.81 bits per heavy atom. The van der Waals surface area contributed by atoms with Crippen molar-refractivity contribution >= 4 is 17.1 Å². The molecule has 0 heterocycles. The van der Waals surface area contributed by atoms with Crippen LogP contribution in [0.5, 0.6) is 0 Å². The van der Waals surface area contributed by atoms with Crippen molar-refractivity contribution in [3.63, 3.8) is 0 Å². The Labute approximate surface area is 121 Å². The summed E-state index contributed by atoms with van der Waals surface area (Å²) in [7, 11) is 0. The number of hydrogen-bond acceptors (Lipinski definition) is 5. The van der Waals surface area contributed by atoms with E-state index in [1.54, 1.807) is 43.3 Å². The van der Waals surface area contributed by atoms with Crippen LogP contribution in [0.3, 0.4) is 0 Å². The average molecular weight is 280 g/mol. The van der Waals surface area contributed by atoms with Crippen LogP contribution in [0.15, 0.2) is 53.6 Å². The van der Waals surface area contributed by atoms with E-state index < -0.39 is 4.92 Å². The fraction of sp³-hybridized carbons (Fsp3) is 0.0667. The number of benzene rings is 2. The molecule has 0 spiro atoms. The molecule has 0 saturated carbocycles. The number of nitro groups is 1. The van der Waals surface area contributed by atoms with Gasteiger partial charge in [-0.15, -0.1) is 0 Å². The summed E-state index contributed by atoms with van der Waals surface area (Å²) in [5.74, 6) is 0. The van der Waals surface area contributed by atoms with E-state index in [1.807, 2.05) is 6.07 Å². The van der Waals surface area contributed by atoms with Crippen LogP contribution in [-0.2, 0) is 0 Å². The molecular weight excluding hydrogens is 268 g/mol. The van der Waals surface area contributed by atoms with Crippen molar-refractivity contribution in [2.24, 2.45) is 5.10 Å². The number of hydrazone groups is 1. The molecular formula is C15H12N4O2. The lowest BCUT2D eigenvalue weighted by Crippen LogP contribution is -2.00. The van der Waals surface area contributed by atoms with Crippen LogP contribution < -0.4 is 5.43 Å². The average Bonchev–Trinajstić information content (AvgIpc) is 2.53. The van der Waals surface area contributed by atoms with Crippen molar-refractivity contribution in [3.05, 3.63) is 69.8 Å². The third-order valence-corrected chi connectivity index (χ3v) is 2.86. The van der Waals surface area contributed by atoms with Gasteiger partial charge in [0.05, 0.1) is 28.0 Å². The highest BCUT2D eigenvalue weighted by Gasteiger charge is 2.05. The Morgan fingerprint density at radius 3 is 2.33 bits per heavy atom. The molecule has 6 nitrogen and oxygen atoms in total. The molecule has 0 aliphatic heterocycles. The Kier molecular flexibility index (Phi) is 4.26. The maximum atomic E-state index is 10.6. The number of non-ortho nitro benzene ring substituents is 1. The largest absolute Gasteiger partial charge is 0.278 e. The van der Waals surface area contributed by atoms with Gasteiger partial charge in [-0.05, 0) is 48.9 Å². The molecule has 0 fully saturated rings. The van der Waals surface area contributed by atoms with E-state index in [1.165, 1.54) is 12.1 Å². The van der Waals surface area contributed by atoms with E-state index >= 15 is 0 Å². The monoisotopic (exact) mass is 280 g/mol. The topological polar surface area (TPSA) is 91.3 Å². The van der Waals surface area contributed by atoms with E-state index in [9.17, 15) is 10.1 Å². The van der Waals surface area contributed by atoms with Gasteiger partial charge in [-0.3, -0.25) is 15.5 Å². The zero-order valence-corrected chi connectivity index (χ0v) is 11.3. The van der Waals surface area contributed by atoms with Gasteiger partial charge in [-0.2, -0.15) is 10.4 Å². The standard InChI is InChI=1S/C15H12N4O2/c1-11(13-4-8-15(9-5-13)19(20)21)17-18-14-6-2-12(10-16)3-7-14/h2-9,18H,1H3/b17-11+. The Bertz CT molecular complexity index is 713. The van der Waals surface area contributed by atoms with Crippen LogP contribution in [0.4, 0.5) is 11.4 Å². The summed E-state index contributed by atoms with van der Waals surface area (Å²) in [5, 5.41) is 23.5. The van der Waals surface area contributed by atoms with Crippen molar-refractivity contribution in [3.8, 4) is 6.07 Å². The molecule has 0 aliphatic carbocycles. The normalized spacial score (nSPS) is 10.8. The summed E-state index contributed by atoms with van der Waals surface area (Å²) in [6, 6.07) is 15.1. The first-order valence-electron chi connectivity index (χ1n) is 6.15. The summed E-state index contributed by atoms with van der Waals surface area (Å²) in [6.07, 6.45) is 0. The minimum atomic E-state index is -0.439. The van der Waals surface area contributed by atoms with Crippen LogP contribution in [-0.4, -0.2) is 10.6 Å². The molecule has 2 aromatic rings. The van der Waals surface area contributed by atoms with Gasteiger partial charge in [0.15, 0.2) is 0 Å². The van der Waals surface area contributed by atoms with Gasteiger partial charge in [0.2, 0.25) is 0 Å². The van der Waals surface area contributed by atoms with Gasteiger partial charge in [0.1, 0.15) is 0 Å². The van der Waals surface area contributed by atoms with Crippen molar-refractivity contribution in [1.82, 2.24) is 0 Å². The van der Waals surface area contributed by atoms with E-state index in [4.69, 9.17) is 5.26 Å². The zero-order valence-electron chi connectivity index (χ0n) is 11.3. The van der Waals surface area contributed by atoms with E-state index in [0.717, 1.165) is 11.3 Å². The van der Waals surface area contributed by atoms with E-state index in [2.05, 4.69) is 10.5 Å². The Morgan fingerprint density at radius 1 is 1.19 bits per heavy atom. The molecule has 2 rings (SSSR count). The van der Waals surface area contributed by atoms with Gasteiger partial charge in [0, 0.05) is 12.1 Å². The smallest absolute Gasteiger partial charge is 0.269 e. The Balaban J connectivity index is 2.09. The van der Waals surface area contributed by atoms with Crippen LogP contribution in [0.25, 0.3) is 0 Å². The van der Waals surface area contributed by atoms with Crippen molar-refractivity contribution in [2.75, 3.05) is 5.43 Å². The van der Waals surface area contributed by atoms with E-state index in [0.29, 0.717) is 11.3 Å². The fourth-order valence-corrected chi connectivity index (χ4v) is 1.66. The van der Waals surface area contributed by atoms with Gasteiger partial charge >= 0.3 is 0 Å². The summed E-state index contributed by atoms with van der Waals surface area (Å²) in [6.45, 7) is 1.80. The highest BCUT2D eigenvalue weighted by atomic mass is 16.6. The fourth-order valence-electron chi connectivity index (χ4n) is 1.66. The third kappa shape index (κ3) is 3.64. The minimum absolute atomic E-state index is 0.0478. The molecule has 0 atom stereocenters. The van der Waals surface area contributed by atoms with Gasteiger partial charge in [0.25, 0.3) is 5.69 Å². The number of nitrogens with zero attached hydrogens (tertiary/aromatic N) is 3. The lowest BCUT2D eigenvalue weighted by atomic mass is 10.1. The molecule has 0 unspecified atom stereocenters. The molecule has 0 amide bonds. The number of rotatable bonds is 4. The molecule has 1 N–H and O–H groups in total. The number of hydrogen-bond donors (Lipinski definition) is 1. The van der Waals surface area contributed by atoms with Crippen molar-refractivity contribution in [2.45, 2.75) is 6.92 Å². The predicted molar refractivity (Wildman–Crippen MR) is 80.1 cm³/mol. The van der Waals surface area contributed by atoms with Gasteiger partial charge < -0.3 is 0 Å². The first kappa shape index (κ1) is 14.2. The maximum Gasteiger partial charge on any atom is 0.269 e. The molecule has 6 heteroatoms. The lowest BCUT2D eigenvalue weighted by Gasteiger charge is -2.03. The van der Waals surface area contributed by atoms with E-state index in [-0.39, 0.29) is 5.69 Å². The highest BCUT2D eigenvalue weighted by molar-refractivity contribution is 5.99. The lowest BCUT2D eigenvalue weighted by molar-refractivity contribution is -0.384. The molecule has 0 bridgehead atoms. The van der Waals surface area contributed by atoms with Crippen LogP contribution in [0, 0.1) is 21.4 Å². The molecule has 2 aromatic carbocycles. The molecule has 0 aliphatic rings. The van der Waals surface area contributed by atoms with Crippen molar-refractivity contribution in [1.29, 1.82) is 5.26 Å². The quantitative estimate of drug-likeness (QED) is 0.528. The maximum absolute atomic E-state index is 10.6. The van der Waals surface area contributed by atoms with Gasteiger partial charge in [-0.1, -0.05) is 0 Å². The Hall–Kier alpha value is -3.20. The second-order valence-electron chi connectivity index (χ2n) is 4.30. The summed E-state index contributed by atoms with van der Waals surface area (Å²) in [4.78, 5) is 10.1. The van der Waals surface area contributed by atoms with Crippen LogP contribution in [0.1, 0.15) is 18.1 Å². The van der Waals surface area contributed by atoms with Gasteiger partial charge in [-0.25, -0.2) is 0 Å². The number of nitro benzene ring substituents is 1. The second kappa shape index (κ2) is 6.30. The predicted octanol–water partition coefficient (Wildman–Crippen LogP) is 3.30. The summed E-state index contributed by atoms with van der Waals surface area (Å²) in [5.41, 5.74) is 5.76. The first-order valence-corrected chi connectivity index (χ1v) is 6.15. The SMILES string of the molecule is C/C(=N\Nc1ccc(C#N)cc1)c1ccc([N+](=O)[O-])cc1. The first-order chi connectivity index (χ1) is 10.1. The van der Waals surface area contributed by atoms with Crippen LogP contribution in [0.2, 0.25) is 0 Å². The second-order valence-corrected chi connectivity index (χ2v) is 4.30. The number of nitriles is 1. The summed E-state index contributed by atoms with van der Waals surface area (Å²) >= 11 is 0. The minimum Gasteiger partial charge on any atom is -0.278 e. The van der Waals surface area contributed by atoms with Crippen molar-refractivity contribution < 1.29 is 4.92 Å². The number of anilines is 1. The molecule has 0 saturated heterocycles. The number of nitrogens with one attached hydrogen (secondary N) is 1. The van der Waals surface area contributed by atoms with Crippen LogP contribution >= 0.6 is 0 Å². The molecule has 104 valence electrons. The summed E-state index contributed by atoms with van der Waals surface area (Å²) < 4.78 is 0. The highest BCUT2D eigenvalue weighted by Crippen LogP contribution is 2.13. The third-order valence-electron chi connectivity index (χ3n) is 2.86. The molecule has 0 aromatic heterocycles. The molecule has 0 radical (unpaired) electrons. The zero-order chi connectivity index (χ0) is 15.2.